The van der Waals surface area contributed by atoms with Crippen LogP contribution in [0.25, 0.3) is 0 Å². The second kappa shape index (κ2) is 8.73. The fourth-order valence-electron chi connectivity index (χ4n) is 4.16. The van der Waals surface area contributed by atoms with E-state index in [2.05, 4.69) is 43.5 Å². The van der Waals surface area contributed by atoms with Gasteiger partial charge in [-0.2, -0.15) is 0 Å². The molecule has 3 N–H and O–H groups in total. The van der Waals surface area contributed by atoms with E-state index in [-0.39, 0.29) is 36.3 Å². The van der Waals surface area contributed by atoms with Gasteiger partial charge in [0.15, 0.2) is 0 Å². The normalized spacial score (nSPS) is 26.5. The van der Waals surface area contributed by atoms with Crippen molar-refractivity contribution in [2.75, 3.05) is 6.54 Å². The van der Waals surface area contributed by atoms with Gasteiger partial charge in [0, 0.05) is 12.6 Å². The number of benzene rings is 1. The molecular formula is C21H33ClN2O2. The number of rotatable bonds is 4. The smallest absolute Gasteiger partial charge is 0.237 e. The summed E-state index contributed by atoms with van der Waals surface area (Å²) in [4.78, 5) is 12.4. The number of nitrogens with one attached hydrogen (secondary N) is 2. The van der Waals surface area contributed by atoms with Crippen LogP contribution in [0.2, 0.25) is 0 Å². The predicted molar refractivity (Wildman–Crippen MR) is 108 cm³/mol. The third-order valence-corrected chi connectivity index (χ3v) is 5.81. The van der Waals surface area contributed by atoms with Crippen molar-refractivity contribution in [3.63, 3.8) is 0 Å². The molecule has 26 heavy (non-hydrogen) atoms. The molecule has 2 aliphatic rings. The van der Waals surface area contributed by atoms with E-state index in [0.29, 0.717) is 12.0 Å². The van der Waals surface area contributed by atoms with E-state index >= 15 is 0 Å². The molecule has 1 aromatic carbocycles. The number of carbonyl (C=O) groups excluding carboxylic acids is 1. The number of hydrogen-bond acceptors (Lipinski definition) is 3. The zero-order valence-corrected chi connectivity index (χ0v) is 16.9. The van der Waals surface area contributed by atoms with Crippen LogP contribution in [0.3, 0.4) is 0 Å². The van der Waals surface area contributed by atoms with Gasteiger partial charge in [0.25, 0.3) is 0 Å². The van der Waals surface area contributed by atoms with Gasteiger partial charge in [-0.05, 0) is 41.7 Å². The largest absolute Gasteiger partial charge is 0.387 e. The molecular weight excluding hydrogens is 348 g/mol. The van der Waals surface area contributed by atoms with Crippen molar-refractivity contribution in [1.29, 1.82) is 0 Å². The van der Waals surface area contributed by atoms with E-state index in [1.54, 1.807) is 0 Å². The molecule has 0 spiro atoms. The van der Waals surface area contributed by atoms with E-state index in [1.807, 2.05) is 12.1 Å². The van der Waals surface area contributed by atoms with Crippen molar-refractivity contribution >= 4 is 18.3 Å². The predicted octanol–water partition coefficient (Wildman–Crippen LogP) is 3.48. The van der Waals surface area contributed by atoms with Crippen molar-refractivity contribution in [2.24, 2.45) is 5.92 Å². The molecule has 5 heteroatoms. The van der Waals surface area contributed by atoms with Crippen LogP contribution in [0.5, 0.6) is 0 Å². The first kappa shape index (κ1) is 21.2. The summed E-state index contributed by atoms with van der Waals surface area (Å²) in [6, 6.07) is 8.45. The van der Waals surface area contributed by atoms with E-state index in [9.17, 15) is 9.90 Å². The molecule has 4 unspecified atom stereocenters. The minimum absolute atomic E-state index is 0. The fourth-order valence-corrected chi connectivity index (χ4v) is 4.16. The van der Waals surface area contributed by atoms with Gasteiger partial charge >= 0.3 is 0 Å². The van der Waals surface area contributed by atoms with Crippen molar-refractivity contribution < 1.29 is 9.90 Å². The lowest BCUT2D eigenvalue weighted by Gasteiger charge is -2.24. The molecule has 1 aliphatic carbocycles. The Kier molecular flexibility index (Phi) is 7.12. The molecule has 3 rings (SSSR count). The summed E-state index contributed by atoms with van der Waals surface area (Å²) in [6.07, 6.45) is 5.27. The van der Waals surface area contributed by atoms with Crippen LogP contribution in [-0.2, 0) is 10.2 Å². The Bertz CT molecular complexity index is 583. The van der Waals surface area contributed by atoms with E-state index in [1.165, 1.54) is 31.2 Å². The highest BCUT2D eigenvalue weighted by Gasteiger charge is 2.38. The standard InChI is InChI=1S/C21H32N2O2.ClH/c1-21(2,3)16-10-8-14(9-11-16)19(24)13-22-20(25)18-12-15-6-4-5-7-17(15)23-18;/h8-11,15,17-19,23-24H,4-7,12-13H2,1-3H3,(H,22,25);1H. The average Bonchev–Trinajstić information content (AvgIpc) is 3.03. The highest BCUT2D eigenvalue weighted by Crippen LogP contribution is 2.33. The molecule has 1 heterocycles. The molecule has 1 saturated heterocycles. The molecule has 146 valence electrons. The van der Waals surface area contributed by atoms with Gasteiger partial charge in [0.2, 0.25) is 5.91 Å². The van der Waals surface area contributed by atoms with Crippen LogP contribution >= 0.6 is 12.4 Å². The molecule has 2 fully saturated rings. The number of fused-ring (bicyclic) bond motifs is 1. The summed E-state index contributed by atoms with van der Waals surface area (Å²) in [6.45, 7) is 6.78. The van der Waals surface area contributed by atoms with Gasteiger partial charge in [0.05, 0.1) is 12.1 Å². The SMILES string of the molecule is CC(C)(C)c1ccc(C(O)CNC(=O)C2CC3CCCCC3N2)cc1.Cl. The summed E-state index contributed by atoms with van der Waals surface area (Å²) in [5.74, 6) is 0.680. The van der Waals surface area contributed by atoms with Crippen LogP contribution in [-0.4, -0.2) is 29.6 Å². The first-order chi connectivity index (χ1) is 11.8. The minimum Gasteiger partial charge on any atom is -0.387 e. The molecule has 0 radical (unpaired) electrons. The highest BCUT2D eigenvalue weighted by atomic mass is 35.5. The number of hydrogen-bond donors (Lipinski definition) is 3. The summed E-state index contributed by atoms with van der Waals surface area (Å²) >= 11 is 0. The van der Waals surface area contributed by atoms with E-state index in [0.717, 1.165) is 12.0 Å². The summed E-state index contributed by atoms with van der Waals surface area (Å²) < 4.78 is 0. The van der Waals surface area contributed by atoms with E-state index in [4.69, 9.17) is 0 Å². The Balaban J connectivity index is 0.00000243. The van der Waals surface area contributed by atoms with Gasteiger partial charge < -0.3 is 15.7 Å². The second-order valence-corrected chi connectivity index (χ2v) is 8.74. The fraction of sp³-hybridized carbons (Fsp3) is 0.667. The number of amides is 1. The first-order valence-corrected chi connectivity index (χ1v) is 9.67. The lowest BCUT2D eigenvalue weighted by atomic mass is 9.85. The summed E-state index contributed by atoms with van der Waals surface area (Å²) in [5.41, 5.74) is 2.19. The maximum atomic E-state index is 12.4. The third-order valence-electron chi connectivity index (χ3n) is 5.81. The zero-order chi connectivity index (χ0) is 18.0. The van der Waals surface area contributed by atoms with Crippen molar-refractivity contribution in [3.05, 3.63) is 35.4 Å². The van der Waals surface area contributed by atoms with Gasteiger partial charge in [-0.25, -0.2) is 0 Å². The molecule has 0 bridgehead atoms. The van der Waals surface area contributed by atoms with Crippen LogP contribution in [0.4, 0.5) is 0 Å². The second-order valence-electron chi connectivity index (χ2n) is 8.74. The number of halogens is 1. The highest BCUT2D eigenvalue weighted by molar-refractivity contribution is 5.85. The van der Waals surface area contributed by atoms with E-state index < -0.39 is 6.10 Å². The number of carbonyl (C=O) groups is 1. The first-order valence-electron chi connectivity index (χ1n) is 9.67. The Labute approximate surface area is 163 Å². The summed E-state index contributed by atoms with van der Waals surface area (Å²) in [7, 11) is 0. The van der Waals surface area contributed by atoms with Gasteiger partial charge in [-0.3, -0.25) is 4.79 Å². The Morgan fingerprint density at radius 3 is 2.50 bits per heavy atom. The lowest BCUT2D eigenvalue weighted by molar-refractivity contribution is -0.123. The Hall–Kier alpha value is -1.10. The molecule has 1 amide bonds. The number of aliphatic hydroxyl groups is 1. The van der Waals surface area contributed by atoms with Gasteiger partial charge in [-0.1, -0.05) is 57.9 Å². The van der Waals surface area contributed by atoms with Crippen LogP contribution in [0.15, 0.2) is 24.3 Å². The quantitative estimate of drug-likeness (QED) is 0.749. The van der Waals surface area contributed by atoms with Crippen LogP contribution < -0.4 is 10.6 Å². The molecule has 0 aromatic heterocycles. The maximum absolute atomic E-state index is 12.4. The Morgan fingerprint density at radius 2 is 1.88 bits per heavy atom. The lowest BCUT2D eigenvalue weighted by Crippen LogP contribution is -2.44. The van der Waals surface area contributed by atoms with Crippen molar-refractivity contribution in [2.45, 2.75) is 76.5 Å². The van der Waals surface area contributed by atoms with Crippen molar-refractivity contribution in [1.82, 2.24) is 10.6 Å². The minimum atomic E-state index is -0.665. The topological polar surface area (TPSA) is 61.4 Å². The molecule has 4 nitrogen and oxygen atoms in total. The molecule has 1 aromatic rings. The third kappa shape index (κ3) is 4.99. The monoisotopic (exact) mass is 380 g/mol. The van der Waals surface area contributed by atoms with Crippen LogP contribution in [0.1, 0.15) is 70.1 Å². The maximum Gasteiger partial charge on any atom is 0.237 e. The summed E-state index contributed by atoms with van der Waals surface area (Å²) in [5, 5.41) is 16.8. The molecule has 1 aliphatic heterocycles. The number of aliphatic hydroxyl groups excluding tert-OH is 1. The van der Waals surface area contributed by atoms with Gasteiger partial charge in [-0.15, -0.1) is 12.4 Å². The molecule has 1 saturated carbocycles. The zero-order valence-electron chi connectivity index (χ0n) is 16.1. The van der Waals surface area contributed by atoms with Crippen molar-refractivity contribution in [3.8, 4) is 0 Å². The Morgan fingerprint density at radius 1 is 1.23 bits per heavy atom. The average molecular weight is 381 g/mol. The van der Waals surface area contributed by atoms with Gasteiger partial charge in [0.1, 0.15) is 0 Å². The molecule has 4 atom stereocenters. The van der Waals surface area contributed by atoms with Crippen LogP contribution in [0, 0.1) is 5.92 Å².